The van der Waals surface area contributed by atoms with Crippen molar-refractivity contribution < 1.29 is 49.3 Å². The molecule has 0 aromatic heterocycles. The lowest BCUT2D eigenvalue weighted by Gasteiger charge is -2.26. The molecule has 0 saturated heterocycles. The average molecular weight is 573 g/mol. The van der Waals surface area contributed by atoms with Crippen LogP contribution in [-0.4, -0.2) is 44.2 Å². The van der Waals surface area contributed by atoms with Gasteiger partial charge in [-0.05, 0) is 30.2 Å². The van der Waals surface area contributed by atoms with Gasteiger partial charge >= 0.3 is 0 Å². The lowest BCUT2D eigenvalue weighted by molar-refractivity contribution is 0.0834. The van der Waals surface area contributed by atoms with Crippen molar-refractivity contribution in [3.8, 4) is 46.0 Å². The maximum atomic E-state index is 12.2. The largest absolute Gasteiger partial charge is 0.508 e. The number of phenols is 5. The highest BCUT2D eigenvalue weighted by atomic mass is 16.5. The zero-order valence-electron chi connectivity index (χ0n) is 22.7. The number of fused-ring (bicyclic) bond motifs is 2. The van der Waals surface area contributed by atoms with E-state index in [-0.39, 0.29) is 75.8 Å². The number of carbonyl (C=O) groups is 2. The number of hydrogen-bond donors (Lipinski definition) is 5. The average Bonchev–Trinajstić information content (AvgIpc) is 2.92. The number of carbonyl (C=O) groups excluding carboxylic acids is 2. The highest BCUT2D eigenvalue weighted by Gasteiger charge is 2.32. The molecule has 0 amide bonds. The number of rotatable bonds is 3. The number of ketones is 2. The Balaban J connectivity index is 0.000000169. The minimum absolute atomic E-state index is 0.0249. The minimum Gasteiger partial charge on any atom is -0.508 e. The fourth-order valence-electron chi connectivity index (χ4n) is 4.91. The van der Waals surface area contributed by atoms with Gasteiger partial charge in [-0.2, -0.15) is 0 Å². The summed E-state index contributed by atoms with van der Waals surface area (Å²) in [4.78, 5) is 24.3. The summed E-state index contributed by atoms with van der Waals surface area (Å²) in [6.45, 7) is 1.99. The summed E-state index contributed by atoms with van der Waals surface area (Å²) < 4.78 is 16.4. The van der Waals surface area contributed by atoms with Gasteiger partial charge in [0.05, 0.1) is 20.0 Å². The van der Waals surface area contributed by atoms with Gasteiger partial charge in [0.2, 0.25) is 0 Å². The van der Waals surface area contributed by atoms with Crippen molar-refractivity contribution in [2.75, 3.05) is 7.11 Å². The van der Waals surface area contributed by atoms with Crippen molar-refractivity contribution in [3.63, 3.8) is 0 Å². The first-order chi connectivity index (χ1) is 20.0. The number of methoxy groups -OCH3 is 1. The second kappa shape index (κ2) is 11.2. The van der Waals surface area contributed by atoms with E-state index in [1.165, 1.54) is 25.3 Å². The lowest BCUT2D eigenvalue weighted by Crippen LogP contribution is -2.20. The first-order valence-corrected chi connectivity index (χ1v) is 13.0. The molecular weight excluding hydrogens is 544 g/mol. The zero-order chi connectivity index (χ0) is 30.1. The summed E-state index contributed by atoms with van der Waals surface area (Å²) in [5.74, 6) is -0.738. The van der Waals surface area contributed by atoms with Crippen LogP contribution < -0.4 is 14.2 Å². The maximum Gasteiger partial charge on any atom is 0.174 e. The predicted molar refractivity (Wildman–Crippen MR) is 150 cm³/mol. The quantitative estimate of drug-likeness (QED) is 0.208. The second-order valence-corrected chi connectivity index (χ2v) is 9.99. The van der Waals surface area contributed by atoms with Gasteiger partial charge in [-0.3, -0.25) is 9.59 Å². The molecule has 0 radical (unpaired) electrons. The normalized spacial score (nSPS) is 17.1. The molecule has 6 rings (SSSR count). The molecule has 10 heteroatoms. The summed E-state index contributed by atoms with van der Waals surface area (Å²) >= 11 is 0. The fraction of sp³-hybridized carbons (Fsp3) is 0.188. The number of aryl methyl sites for hydroxylation is 1. The number of benzene rings is 4. The van der Waals surface area contributed by atoms with Crippen molar-refractivity contribution in [1.82, 2.24) is 0 Å². The molecule has 42 heavy (non-hydrogen) atoms. The van der Waals surface area contributed by atoms with Crippen LogP contribution in [0.5, 0.6) is 46.0 Å². The van der Waals surface area contributed by atoms with Crippen molar-refractivity contribution in [2.24, 2.45) is 0 Å². The molecule has 2 atom stereocenters. The molecule has 2 aliphatic heterocycles. The van der Waals surface area contributed by atoms with Crippen molar-refractivity contribution in [1.29, 1.82) is 0 Å². The Morgan fingerprint density at radius 2 is 1.12 bits per heavy atom. The van der Waals surface area contributed by atoms with Crippen molar-refractivity contribution >= 4 is 11.6 Å². The first kappa shape index (κ1) is 28.2. The van der Waals surface area contributed by atoms with Gasteiger partial charge in [0.15, 0.2) is 23.1 Å². The Labute approximate surface area is 240 Å². The molecule has 4 aromatic rings. The van der Waals surface area contributed by atoms with E-state index in [1.54, 1.807) is 12.1 Å². The highest BCUT2D eigenvalue weighted by Crippen LogP contribution is 2.43. The predicted octanol–water partition coefficient (Wildman–Crippen LogP) is 5.63. The SMILES string of the molecule is COc1ccc(C2CC(=O)c3c(O)cc(O)cc3O2)cc1O.Cc1ccc(C2CC(=O)c3c(O)cc(O)cc3O2)cc1. The Bertz CT molecular complexity index is 1680. The van der Waals surface area contributed by atoms with Gasteiger partial charge in [-0.25, -0.2) is 0 Å². The van der Waals surface area contributed by atoms with Crippen LogP contribution in [0.15, 0.2) is 66.7 Å². The van der Waals surface area contributed by atoms with Gasteiger partial charge in [0.1, 0.15) is 57.8 Å². The lowest BCUT2D eigenvalue weighted by atomic mass is 9.95. The number of phenolic OH excluding ortho intramolecular Hbond substituents is 5. The molecule has 5 N–H and O–H groups in total. The standard InChI is InChI=1S/C16H14O6.C16H14O4/c1-21-13-3-2-8(4-10(13)18)14-7-12(20)16-11(19)5-9(17)6-15(16)22-14;1-9-2-4-10(5-3-9)14-8-13(19)16-12(18)6-11(17)7-15(16)20-14/h2-6,14,17-19H,7H2,1H3;2-7,14,17-18H,8H2,1H3. The number of aromatic hydroxyl groups is 5. The summed E-state index contributed by atoms with van der Waals surface area (Å²) in [6, 6.07) is 17.4. The molecule has 2 unspecified atom stereocenters. The summed E-state index contributed by atoms with van der Waals surface area (Å²) in [5, 5.41) is 48.3. The van der Waals surface area contributed by atoms with Crippen LogP contribution in [0, 0.1) is 6.92 Å². The third-order valence-electron chi connectivity index (χ3n) is 6.99. The van der Waals surface area contributed by atoms with Gasteiger partial charge in [0.25, 0.3) is 0 Å². The Hall–Kier alpha value is -5.38. The van der Waals surface area contributed by atoms with E-state index in [0.29, 0.717) is 11.3 Å². The van der Waals surface area contributed by atoms with Crippen LogP contribution in [0.4, 0.5) is 0 Å². The zero-order valence-corrected chi connectivity index (χ0v) is 22.7. The van der Waals surface area contributed by atoms with Gasteiger partial charge in [-0.15, -0.1) is 0 Å². The summed E-state index contributed by atoms with van der Waals surface area (Å²) in [7, 11) is 1.44. The first-order valence-electron chi connectivity index (χ1n) is 13.0. The van der Waals surface area contributed by atoms with E-state index < -0.39 is 12.2 Å². The molecule has 4 aromatic carbocycles. The molecular formula is C32H28O10. The summed E-state index contributed by atoms with van der Waals surface area (Å²) in [6.07, 6.45) is -0.805. The van der Waals surface area contributed by atoms with Crippen molar-refractivity contribution in [2.45, 2.75) is 32.0 Å². The molecule has 2 heterocycles. The molecule has 0 aliphatic carbocycles. The topological polar surface area (TPSA) is 163 Å². The third kappa shape index (κ3) is 5.60. The van der Waals surface area contributed by atoms with Crippen LogP contribution >= 0.6 is 0 Å². The Kier molecular flexibility index (Phi) is 7.54. The van der Waals surface area contributed by atoms with E-state index in [2.05, 4.69) is 0 Å². The minimum atomic E-state index is -0.613. The molecule has 10 nitrogen and oxygen atoms in total. The van der Waals surface area contributed by atoms with E-state index >= 15 is 0 Å². The van der Waals surface area contributed by atoms with Crippen LogP contribution in [0.1, 0.15) is 62.5 Å². The van der Waals surface area contributed by atoms with Crippen LogP contribution in [0.3, 0.4) is 0 Å². The van der Waals surface area contributed by atoms with E-state index in [0.717, 1.165) is 23.3 Å². The highest BCUT2D eigenvalue weighted by molar-refractivity contribution is 6.03. The van der Waals surface area contributed by atoms with Gasteiger partial charge in [-0.1, -0.05) is 35.9 Å². The van der Waals surface area contributed by atoms with Gasteiger partial charge < -0.3 is 39.7 Å². The Morgan fingerprint density at radius 3 is 1.60 bits per heavy atom. The number of Topliss-reactive ketones (excluding diaryl/α,β-unsaturated/α-hetero) is 2. The van der Waals surface area contributed by atoms with E-state index in [1.807, 2.05) is 31.2 Å². The smallest absolute Gasteiger partial charge is 0.174 e. The monoisotopic (exact) mass is 572 g/mol. The fourth-order valence-corrected chi connectivity index (χ4v) is 4.91. The molecule has 0 fully saturated rings. The van der Waals surface area contributed by atoms with Crippen molar-refractivity contribution in [3.05, 3.63) is 94.5 Å². The van der Waals surface area contributed by atoms with E-state index in [4.69, 9.17) is 14.2 Å². The summed E-state index contributed by atoms with van der Waals surface area (Å²) in [5.41, 5.74) is 2.84. The molecule has 0 spiro atoms. The van der Waals surface area contributed by atoms with Crippen LogP contribution in [0.25, 0.3) is 0 Å². The number of hydrogen-bond acceptors (Lipinski definition) is 10. The van der Waals surface area contributed by atoms with Crippen LogP contribution in [-0.2, 0) is 0 Å². The van der Waals surface area contributed by atoms with Gasteiger partial charge in [0, 0.05) is 24.3 Å². The number of ether oxygens (including phenoxy) is 3. The van der Waals surface area contributed by atoms with Crippen LogP contribution in [0.2, 0.25) is 0 Å². The Morgan fingerprint density at radius 1 is 0.643 bits per heavy atom. The molecule has 2 aliphatic rings. The second-order valence-electron chi connectivity index (χ2n) is 9.99. The third-order valence-corrected chi connectivity index (χ3v) is 6.99. The maximum absolute atomic E-state index is 12.2. The van der Waals surface area contributed by atoms with E-state index in [9.17, 15) is 35.1 Å². The molecule has 216 valence electrons. The molecule has 0 bridgehead atoms. The molecule has 0 saturated carbocycles.